The molecule has 164 valence electrons. The largest absolute Gasteiger partial charge is 0.375 e. The fourth-order valence-corrected chi connectivity index (χ4v) is 4.05. The molecule has 3 atom stereocenters. The first-order valence-electron chi connectivity index (χ1n) is 10.4. The highest BCUT2D eigenvalue weighted by molar-refractivity contribution is 6.35. The Hall–Kier alpha value is -1.01. The van der Waals surface area contributed by atoms with E-state index < -0.39 is 0 Å². The van der Waals surface area contributed by atoms with Crippen LogP contribution in [0.1, 0.15) is 53.0 Å². The van der Waals surface area contributed by atoms with E-state index in [9.17, 15) is 4.79 Å². The molecule has 0 radical (unpaired) electrons. The highest BCUT2D eigenvalue weighted by Gasteiger charge is 2.34. The average molecular weight is 444 g/mol. The zero-order chi connectivity index (χ0) is 21.6. The van der Waals surface area contributed by atoms with Crippen LogP contribution < -0.4 is 10.6 Å². The zero-order valence-electron chi connectivity index (χ0n) is 18.2. The van der Waals surface area contributed by atoms with E-state index in [0.29, 0.717) is 29.2 Å². The van der Waals surface area contributed by atoms with Crippen molar-refractivity contribution in [3.8, 4) is 0 Å². The molecule has 0 aliphatic carbocycles. The Morgan fingerprint density at radius 2 is 1.97 bits per heavy atom. The molecule has 1 heterocycles. The van der Waals surface area contributed by atoms with Gasteiger partial charge in [-0.15, -0.1) is 0 Å². The number of carbonyl (C=O) groups excluding carboxylic acids is 1. The van der Waals surface area contributed by atoms with Crippen LogP contribution in [-0.2, 0) is 11.3 Å². The number of hydrogen-bond donors (Lipinski definition) is 2. The number of ether oxygens (including phenoxy) is 1. The van der Waals surface area contributed by atoms with Gasteiger partial charge in [0.05, 0.1) is 13.2 Å². The van der Waals surface area contributed by atoms with Crippen LogP contribution in [0.4, 0.5) is 4.79 Å². The van der Waals surface area contributed by atoms with Crippen LogP contribution in [-0.4, -0.2) is 48.3 Å². The second kappa shape index (κ2) is 10.9. The van der Waals surface area contributed by atoms with Crippen LogP contribution in [0.2, 0.25) is 10.0 Å². The maximum Gasteiger partial charge on any atom is 0.315 e. The molecule has 0 aromatic heterocycles. The smallest absolute Gasteiger partial charge is 0.315 e. The minimum absolute atomic E-state index is 0.110. The van der Waals surface area contributed by atoms with Crippen LogP contribution in [0.3, 0.4) is 0 Å². The number of urea groups is 1. The molecule has 2 rings (SSSR count). The lowest BCUT2D eigenvalue weighted by atomic mass is 10.1. The van der Waals surface area contributed by atoms with Gasteiger partial charge in [0.25, 0.3) is 0 Å². The van der Waals surface area contributed by atoms with Crippen LogP contribution >= 0.6 is 23.2 Å². The van der Waals surface area contributed by atoms with Gasteiger partial charge in [0, 0.05) is 46.3 Å². The van der Waals surface area contributed by atoms with Gasteiger partial charge in [0.1, 0.15) is 0 Å². The molecule has 1 fully saturated rings. The molecule has 5 nitrogen and oxygen atoms in total. The molecule has 0 spiro atoms. The molecule has 29 heavy (non-hydrogen) atoms. The maximum atomic E-state index is 12.3. The second-order valence-electron chi connectivity index (χ2n) is 9.12. The number of carbonyl (C=O) groups is 1. The molecule has 7 heteroatoms. The van der Waals surface area contributed by atoms with Crippen molar-refractivity contribution in [2.45, 2.75) is 71.7 Å². The van der Waals surface area contributed by atoms with Gasteiger partial charge in [-0.25, -0.2) is 4.79 Å². The number of benzene rings is 1. The Balaban J connectivity index is 1.94. The third kappa shape index (κ3) is 7.97. The molecule has 1 aromatic rings. The molecule has 1 aliphatic rings. The lowest BCUT2D eigenvalue weighted by molar-refractivity contribution is 0.0621. The van der Waals surface area contributed by atoms with E-state index in [1.54, 1.807) is 0 Å². The third-order valence-corrected chi connectivity index (χ3v) is 5.92. The average Bonchev–Trinajstić information content (AvgIpc) is 2.96. The highest BCUT2D eigenvalue weighted by Crippen LogP contribution is 2.26. The van der Waals surface area contributed by atoms with Gasteiger partial charge < -0.3 is 15.4 Å². The summed E-state index contributed by atoms with van der Waals surface area (Å²) in [6.07, 6.45) is 1.99. The van der Waals surface area contributed by atoms with Crippen molar-refractivity contribution in [3.05, 3.63) is 33.8 Å². The predicted octanol–water partition coefficient (Wildman–Crippen LogP) is 5.10. The van der Waals surface area contributed by atoms with Gasteiger partial charge in [-0.2, -0.15) is 0 Å². The summed E-state index contributed by atoms with van der Waals surface area (Å²) in [7, 11) is 0. The molecule has 1 aromatic carbocycles. The van der Waals surface area contributed by atoms with E-state index in [1.165, 1.54) is 0 Å². The summed E-state index contributed by atoms with van der Waals surface area (Å²) < 4.78 is 6.01. The maximum absolute atomic E-state index is 12.3. The minimum Gasteiger partial charge on any atom is -0.375 e. The van der Waals surface area contributed by atoms with E-state index in [-0.39, 0.29) is 23.7 Å². The molecular formula is C22H35Cl2N3O2. The molecule has 2 N–H and O–H groups in total. The van der Waals surface area contributed by atoms with Crippen molar-refractivity contribution in [1.29, 1.82) is 0 Å². The number of nitrogens with one attached hydrogen (secondary N) is 2. The van der Waals surface area contributed by atoms with Crippen LogP contribution in [0.15, 0.2) is 18.2 Å². The van der Waals surface area contributed by atoms with E-state index in [4.69, 9.17) is 27.9 Å². The van der Waals surface area contributed by atoms with Crippen LogP contribution in [0.5, 0.6) is 0 Å². The molecule has 0 saturated carbocycles. The summed E-state index contributed by atoms with van der Waals surface area (Å²) in [5, 5.41) is 7.35. The molecule has 0 bridgehead atoms. The monoisotopic (exact) mass is 443 g/mol. The molecule has 0 unspecified atom stereocenters. The van der Waals surface area contributed by atoms with E-state index >= 15 is 0 Å². The standard InChI is InChI=1S/C22H35Cl2N3O2/c1-6-15(2)11-27-12-16(25-21(28)26-22(3,4)5)10-17(27)13-29-14-18-19(23)8-7-9-20(18)24/h7-9,15-17H,6,10-14H2,1-5H3,(H2,25,26,28)/t15-,16+,17-/m0/s1. The molecule has 1 saturated heterocycles. The number of rotatable bonds is 8. The number of nitrogens with zero attached hydrogens (tertiary/aromatic N) is 1. The van der Waals surface area contributed by atoms with Crippen molar-refractivity contribution in [2.24, 2.45) is 5.92 Å². The Kier molecular flexibility index (Phi) is 9.08. The third-order valence-electron chi connectivity index (χ3n) is 5.21. The number of amides is 2. The quantitative estimate of drug-likeness (QED) is 0.587. The number of halogens is 2. The second-order valence-corrected chi connectivity index (χ2v) is 9.93. The fraction of sp³-hybridized carbons (Fsp3) is 0.682. The van der Waals surface area contributed by atoms with Gasteiger partial charge >= 0.3 is 6.03 Å². The Labute approximate surface area is 185 Å². The Morgan fingerprint density at radius 1 is 1.31 bits per heavy atom. The minimum atomic E-state index is -0.254. The van der Waals surface area contributed by atoms with Gasteiger partial charge in [0.15, 0.2) is 0 Å². The Bertz CT molecular complexity index is 658. The van der Waals surface area contributed by atoms with E-state index in [1.807, 2.05) is 39.0 Å². The van der Waals surface area contributed by atoms with Crippen molar-refractivity contribution >= 4 is 29.2 Å². The van der Waals surface area contributed by atoms with E-state index in [0.717, 1.165) is 31.5 Å². The number of hydrogen-bond acceptors (Lipinski definition) is 3. The molecular weight excluding hydrogens is 409 g/mol. The van der Waals surface area contributed by atoms with Crippen molar-refractivity contribution in [2.75, 3.05) is 19.7 Å². The van der Waals surface area contributed by atoms with Gasteiger partial charge in [0.2, 0.25) is 0 Å². The zero-order valence-corrected chi connectivity index (χ0v) is 19.7. The summed E-state index contributed by atoms with van der Waals surface area (Å²) in [5.41, 5.74) is 0.567. The van der Waals surface area contributed by atoms with Crippen molar-refractivity contribution < 1.29 is 9.53 Å². The fourth-order valence-electron chi connectivity index (χ4n) is 3.54. The van der Waals surface area contributed by atoms with Crippen LogP contribution in [0, 0.1) is 5.92 Å². The summed E-state index contributed by atoms with van der Waals surface area (Å²) in [5.74, 6) is 0.595. The number of likely N-dealkylation sites (tertiary alicyclic amines) is 1. The van der Waals surface area contributed by atoms with E-state index in [2.05, 4.69) is 29.4 Å². The van der Waals surface area contributed by atoms with Gasteiger partial charge in [-0.05, 0) is 45.2 Å². The van der Waals surface area contributed by atoms with Crippen molar-refractivity contribution in [1.82, 2.24) is 15.5 Å². The first-order valence-corrected chi connectivity index (χ1v) is 11.2. The SMILES string of the molecule is CC[C@H](C)CN1C[C@H](NC(=O)NC(C)(C)C)C[C@H]1COCc1c(Cl)cccc1Cl. The topological polar surface area (TPSA) is 53.6 Å². The highest BCUT2D eigenvalue weighted by atomic mass is 35.5. The summed E-state index contributed by atoms with van der Waals surface area (Å²) in [4.78, 5) is 14.7. The van der Waals surface area contributed by atoms with Gasteiger partial charge in [-0.3, -0.25) is 4.90 Å². The normalized spacial score (nSPS) is 21.2. The molecule has 1 aliphatic heterocycles. The summed E-state index contributed by atoms with van der Waals surface area (Å²) >= 11 is 12.5. The predicted molar refractivity (Wildman–Crippen MR) is 121 cm³/mol. The van der Waals surface area contributed by atoms with Gasteiger partial charge in [-0.1, -0.05) is 49.5 Å². The van der Waals surface area contributed by atoms with Crippen molar-refractivity contribution in [3.63, 3.8) is 0 Å². The molecule has 2 amide bonds. The summed E-state index contributed by atoms with van der Waals surface area (Å²) in [6, 6.07) is 5.73. The van der Waals surface area contributed by atoms with Crippen LogP contribution in [0.25, 0.3) is 0 Å². The first-order chi connectivity index (χ1) is 13.6. The summed E-state index contributed by atoms with van der Waals surface area (Å²) in [6.45, 7) is 13.2. The first kappa shape index (κ1) is 24.3. The Morgan fingerprint density at radius 3 is 2.55 bits per heavy atom. The lowest BCUT2D eigenvalue weighted by Gasteiger charge is -2.27. The lowest BCUT2D eigenvalue weighted by Crippen LogP contribution is -2.50.